The molecule has 0 amide bonds. The Kier molecular flexibility index (Phi) is 5.83. The van der Waals surface area contributed by atoms with Crippen LogP contribution in [0.5, 0.6) is 0 Å². The average molecular weight is 304 g/mol. The van der Waals surface area contributed by atoms with Gasteiger partial charge in [-0.25, -0.2) is 4.98 Å². The first-order chi connectivity index (χ1) is 9.63. The lowest BCUT2D eigenvalue weighted by Crippen LogP contribution is -2.36. The van der Waals surface area contributed by atoms with Gasteiger partial charge in [0.05, 0.1) is 5.56 Å². The van der Waals surface area contributed by atoms with E-state index in [4.69, 9.17) is 0 Å². The molecule has 1 unspecified atom stereocenters. The van der Waals surface area contributed by atoms with Crippen LogP contribution in [0, 0.1) is 5.92 Å². The van der Waals surface area contributed by atoms with Gasteiger partial charge in [0.1, 0.15) is 11.6 Å². The molecular weight excluding hydrogens is 281 g/mol. The largest absolute Gasteiger partial charge is 0.416 e. The number of pyridine rings is 1. The third-order valence-corrected chi connectivity index (χ3v) is 3.11. The number of alkyl halides is 3. The fourth-order valence-corrected chi connectivity index (χ4v) is 1.90. The number of nitrogens with one attached hydrogen (secondary N) is 2. The van der Waals surface area contributed by atoms with E-state index in [-0.39, 0.29) is 23.6 Å². The van der Waals surface area contributed by atoms with Crippen LogP contribution in [0.4, 0.5) is 24.8 Å². The second-order valence-corrected chi connectivity index (χ2v) is 5.63. The van der Waals surface area contributed by atoms with Crippen LogP contribution in [0.3, 0.4) is 0 Å². The van der Waals surface area contributed by atoms with E-state index < -0.39 is 11.7 Å². The first-order valence-electron chi connectivity index (χ1n) is 6.81. The van der Waals surface area contributed by atoms with Gasteiger partial charge in [-0.15, -0.1) is 0 Å². The number of hydrogen-bond donors (Lipinski definition) is 2. The predicted octanol–water partition coefficient (Wildman–Crippen LogP) is 3.14. The summed E-state index contributed by atoms with van der Waals surface area (Å²) < 4.78 is 38.7. The minimum Gasteiger partial charge on any atom is -0.373 e. The van der Waals surface area contributed by atoms with Crippen LogP contribution < -0.4 is 10.6 Å². The maximum absolute atomic E-state index is 12.9. The molecule has 1 aromatic heterocycles. The lowest BCUT2D eigenvalue weighted by atomic mass is 10.0. The Labute approximate surface area is 123 Å². The Morgan fingerprint density at radius 3 is 2.19 bits per heavy atom. The van der Waals surface area contributed by atoms with Crippen molar-refractivity contribution in [1.82, 2.24) is 9.88 Å². The number of aromatic nitrogens is 1. The van der Waals surface area contributed by atoms with Gasteiger partial charge in [-0.2, -0.15) is 13.2 Å². The van der Waals surface area contributed by atoms with E-state index in [9.17, 15) is 13.2 Å². The smallest absolute Gasteiger partial charge is 0.373 e. The molecule has 0 spiro atoms. The fourth-order valence-electron chi connectivity index (χ4n) is 1.90. The number of likely N-dealkylation sites (N-methyl/N-ethyl adjacent to an activating group) is 1. The van der Waals surface area contributed by atoms with E-state index in [2.05, 4.69) is 15.6 Å². The maximum Gasteiger partial charge on any atom is 0.416 e. The molecule has 2 N–H and O–H groups in total. The van der Waals surface area contributed by atoms with Crippen LogP contribution in [0.25, 0.3) is 0 Å². The Bertz CT molecular complexity index is 458. The van der Waals surface area contributed by atoms with Gasteiger partial charge in [-0.05, 0) is 32.1 Å². The molecule has 0 aliphatic carbocycles. The van der Waals surface area contributed by atoms with Crippen molar-refractivity contribution in [3.8, 4) is 0 Å². The summed E-state index contributed by atoms with van der Waals surface area (Å²) in [5, 5.41) is 5.77. The SMILES string of the molecule is CNc1cc(C(F)(F)F)cc(NC(CN(C)C)C(C)C)n1. The summed E-state index contributed by atoms with van der Waals surface area (Å²) in [6.45, 7) is 4.76. The molecule has 1 atom stereocenters. The third kappa shape index (κ3) is 5.41. The van der Waals surface area contributed by atoms with Gasteiger partial charge in [-0.1, -0.05) is 13.8 Å². The predicted molar refractivity (Wildman–Crippen MR) is 79.6 cm³/mol. The van der Waals surface area contributed by atoms with Crippen molar-refractivity contribution >= 4 is 11.6 Å². The number of rotatable bonds is 6. The zero-order valence-corrected chi connectivity index (χ0v) is 13.0. The summed E-state index contributed by atoms with van der Waals surface area (Å²) in [6, 6.07) is 2.06. The monoisotopic (exact) mass is 304 g/mol. The van der Waals surface area contributed by atoms with Gasteiger partial charge in [-0.3, -0.25) is 0 Å². The molecule has 21 heavy (non-hydrogen) atoms. The molecule has 0 bridgehead atoms. The molecule has 0 radical (unpaired) electrons. The first kappa shape index (κ1) is 17.6. The van der Waals surface area contributed by atoms with E-state index in [1.54, 1.807) is 7.05 Å². The topological polar surface area (TPSA) is 40.2 Å². The normalized spacial score (nSPS) is 13.6. The Morgan fingerprint density at radius 2 is 1.76 bits per heavy atom. The molecule has 0 fully saturated rings. The summed E-state index contributed by atoms with van der Waals surface area (Å²) in [5.74, 6) is 0.691. The van der Waals surface area contributed by atoms with Crippen molar-refractivity contribution in [2.24, 2.45) is 5.92 Å². The van der Waals surface area contributed by atoms with E-state index in [0.29, 0.717) is 6.54 Å². The Balaban J connectivity index is 3.05. The average Bonchev–Trinajstić information content (AvgIpc) is 2.35. The molecule has 0 aliphatic heterocycles. The van der Waals surface area contributed by atoms with Crippen LogP contribution in [0.2, 0.25) is 0 Å². The number of anilines is 2. The summed E-state index contributed by atoms with van der Waals surface area (Å²) >= 11 is 0. The van der Waals surface area contributed by atoms with E-state index >= 15 is 0 Å². The third-order valence-electron chi connectivity index (χ3n) is 3.11. The lowest BCUT2D eigenvalue weighted by molar-refractivity contribution is -0.137. The van der Waals surface area contributed by atoms with Crippen LogP contribution >= 0.6 is 0 Å². The van der Waals surface area contributed by atoms with Crippen LogP contribution in [0.1, 0.15) is 19.4 Å². The van der Waals surface area contributed by atoms with Gasteiger partial charge in [0.2, 0.25) is 0 Å². The summed E-state index contributed by atoms with van der Waals surface area (Å²) in [5.41, 5.74) is -0.711. The van der Waals surface area contributed by atoms with Gasteiger partial charge < -0.3 is 15.5 Å². The molecule has 120 valence electrons. The highest BCUT2D eigenvalue weighted by Crippen LogP contribution is 2.32. The van der Waals surface area contributed by atoms with Crippen LogP contribution in [-0.2, 0) is 6.18 Å². The summed E-state index contributed by atoms with van der Waals surface area (Å²) in [6.07, 6.45) is -4.39. The van der Waals surface area contributed by atoms with Gasteiger partial charge in [0.25, 0.3) is 0 Å². The number of hydrogen-bond acceptors (Lipinski definition) is 4. The molecule has 0 aliphatic rings. The van der Waals surface area contributed by atoms with E-state index in [1.165, 1.54) is 0 Å². The summed E-state index contributed by atoms with van der Waals surface area (Å²) in [4.78, 5) is 6.14. The Morgan fingerprint density at radius 1 is 1.19 bits per heavy atom. The highest BCUT2D eigenvalue weighted by molar-refractivity contribution is 5.50. The van der Waals surface area contributed by atoms with Crippen molar-refractivity contribution in [1.29, 1.82) is 0 Å². The molecular formula is C14H23F3N4. The summed E-state index contributed by atoms with van der Waals surface area (Å²) in [7, 11) is 5.40. The molecule has 1 aromatic rings. The van der Waals surface area contributed by atoms with E-state index in [1.807, 2.05) is 32.8 Å². The highest BCUT2D eigenvalue weighted by Gasteiger charge is 2.32. The van der Waals surface area contributed by atoms with Crippen molar-refractivity contribution in [2.45, 2.75) is 26.1 Å². The van der Waals surface area contributed by atoms with Crippen molar-refractivity contribution in [2.75, 3.05) is 38.3 Å². The molecule has 0 saturated carbocycles. The Hall–Kier alpha value is -1.50. The molecule has 7 heteroatoms. The van der Waals surface area contributed by atoms with E-state index in [0.717, 1.165) is 12.1 Å². The molecule has 4 nitrogen and oxygen atoms in total. The van der Waals surface area contributed by atoms with Crippen molar-refractivity contribution < 1.29 is 13.2 Å². The maximum atomic E-state index is 12.9. The minimum atomic E-state index is -4.39. The quantitative estimate of drug-likeness (QED) is 0.847. The van der Waals surface area contributed by atoms with Crippen LogP contribution in [-0.4, -0.2) is 43.6 Å². The van der Waals surface area contributed by atoms with Crippen molar-refractivity contribution in [3.05, 3.63) is 17.7 Å². The first-order valence-corrected chi connectivity index (χ1v) is 6.81. The molecule has 0 saturated heterocycles. The molecule has 1 rings (SSSR count). The van der Waals surface area contributed by atoms with Crippen molar-refractivity contribution in [3.63, 3.8) is 0 Å². The van der Waals surface area contributed by atoms with Crippen LogP contribution in [0.15, 0.2) is 12.1 Å². The minimum absolute atomic E-state index is 0.0145. The van der Waals surface area contributed by atoms with Gasteiger partial charge >= 0.3 is 6.18 Å². The van der Waals surface area contributed by atoms with Gasteiger partial charge in [0.15, 0.2) is 0 Å². The molecule has 0 aromatic carbocycles. The number of nitrogens with zero attached hydrogens (tertiary/aromatic N) is 2. The zero-order valence-electron chi connectivity index (χ0n) is 13.0. The number of halogens is 3. The fraction of sp³-hybridized carbons (Fsp3) is 0.643. The van der Waals surface area contributed by atoms with Gasteiger partial charge in [0, 0.05) is 19.6 Å². The second-order valence-electron chi connectivity index (χ2n) is 5.63. The second kappa shape index (κ2) is 6.98. The lowest BCUT2D eigenvalue weighted by Gasteiger charge is -2.26. The molecule has 1 heterocycles. The standard InChI is InChI=1S/C14H23F3N4/c1-9(2)11(8-21(4)5)19-13-7-10(14(15,16)17)6-12(18-3)20-13/h6-7,9,11H,8H2,1-5H3,(H2,18,19,20). The zero-order chi connectivity index (χ0) is 16.2. The highest BCUT2D eigenvalue weighted by atomic mass is 19.4.